The van der Waals surface area contributed by atoms with Crippen molar-refractivity contribution < 1.29 is 18.0 Å². The molecule has 10 heteroatoms. The Kier molecular flexibility index (Phi) is 5.30. The van der Waals surface area contributed by atoms with E-state index in [1.165, 1.54) is 29.3 Å². The van der Waals surface area contributed by atoms with Crippen LogP contribution < -0.4 is 10.6 Å². The third-order valence-corrected chi connectivity index (χ3v) is 6.51. The summed E-state index contributed by atoms with van der Waals surface area (Å²) in [5.74, 6) is -0.427. The number of para-hydroxylation sites is 1. The van der Waals surface area contributed by atoms with Gasteiger partial charge in [0.15, 0.2) is 6.04 Å². The first-order valence-electron chi connectivity index (χ1n) is 8.77. The summed E-state index contributed by atoms with van der Waals surface area (Å²) in [6.45, 7) is 0. The Balaban J connectivity index is 1.69. The summed E-state index contributed by atoms with van der Waals surface area (Å²) in [5, 5.41) is 11.6. The van der Waals surface area contributed by atoms with E-state index in [1.54, 1.807) is 24.3 Å². The lowest BCUT2D eigenvalue weighted by Gasteiger charge is -2.33. The number of benzene rings is 1. The van der Waals surface area contributed by atoms with Crippen molar-refractivity contribution in [2.24, 2.45) is 0 Å². The van der Waals surface area contributed by atoms with E-state index in [0.717, 1.165) is 14.5 Å². The van der Waals surface area contributed by atoms with Crippen molar-refractivity contribution in [3.8, 4) is 0 Å². The van der Waals surface area contributed by atoms with Crippen LogP contribution in [0.4, 0.5) is 24.7 Å². The molecule has 2 aromatic heterocycles. The van der Waals surface area contributed by atoms with Gasteiger partial charge in [0.2, 0.25) is 0 Å². The summed E-state index contributed by atoms with van der Waals surface area (Å²) in [4.78, 5) is 14.5. The van der Waals surface area contributed by atoms with Crippen molar-refractivity contribution in [2.75, 3.05) is 16.9 Å². The highest BCUT2D eigenvalue weighted by atomic mass is 32.2. The average molecular weight is 439 g/mol. The molecule has 1 aromatic carbocycles. The summed E-state index contributed by atoms with van der Waals surface area (Å²) in [5.41, 5.74) is 0.680. The van der Waals surface area contributed by atoms with Gasteiger partial charge in [-0.1, -0.05) is 18.2 Å². The van der Waals surface area contributed by atoms with Crippen LogP contribution in [0.3, 0.4) is 0 Å². The quantitative estimate of drug-likeness (QED) is 0.522. The standard InChI is InChI=1S/C19H17F3N4OS2/c1-28-14-6-3-2-5-12(14)25-18(27)11-10-23-26-16(19(20,21)22)9-13(24-17(11)26)15-7-4-8-29-15/h2-8,10,13,16,24H,9H2,1H3,(H,25,27)/t13-,16+/m0/s1. The van der Waals surface area contributed by atoms with E-state index < -0.39 is 24.2 Å². The number of hydrogen-bond acceptors (Lipinski definition) is 5. The number of fused-ring (bicyclic) bond motifs is 1. The first-order chi connectivity index (χ1) is 13.9. The molecule has 3 heterocycles. The molecule has 1 aliphatic heterocycles. The smallest absolute Gasteiger partial charge is 0.362 e. The number of alkyl halides is 3. The SMILES string of the molecule is CSc1ccccc1NC(=O)c1cnn2c1N[C@H](c1cccs1)C[C@@H]2C(F)(F)F. The molecule has 152 valence electrons. The van der Waals surface area contributed by atoms with Gasteiger partial charge < -0.3 is 10.6 Å². The summed E-state index contributed by atoms with van der Waals surface area (Å²) in [7, 11) is 0. The molecule has 0 bridgehead atoms. The number of thioether (sulfide) groups is 1. The molecule has 0 aliphatic carbocycles. The number of rotatable bonds is 4. The van der Waals surface area contributed by atoms with Gasteiger partial charge in [-0.15, -0.1) is 23.1 Å². The second-order valence-electron chi connectivity index (χ2n) is 6.51. The van der Waals surface area contributed by atoms with Crippen LogP contribution in [0.2, 0.25) is 0 Å². The molecule has 0 saturated carbocycles. The van der Waals surface area contributed by atoms with Crippen LogP contribution in [-0.4, -0.2) is 28.1 Å². The number of halogens is 3. The van der Waals surface area contributed by atoms with Gasteiger partial charge in [-0.2, -0.15) is 18.3 Å². The van der Waals surface area contributed by atoms with Crippen LogP contribution in [0.15, 0.2) is 52.9 Å². The molecule has 29 heavy (non-hydrogen) atoms. The predicted octanol–water partition coefficient (Wildman–Crippen LogP) is 5.58. The first kappa shape index (κ1) is 19.8. The van der Waals surface area contributed by atoms with Gasteiger partial charge in [-0.3, -0.25) is 4.79 Å². The number of aromatic nitrogens is 2. The van der Waals surface area contributed by atoms with Crippen molar-refractivity contribution in [1.29, 1.82) is 0 Å². The fourth-order valence-corrected chi connectivity index (χ4v) is 4.69. The molecule has 0 radical (unpaired) electrons. The van der Waals surface area contributed by atoms with Crippen molar-refractivity contribution in [3.05, 3.63) is 58.4 Å². The number of carbonyl (C=O) groups is 1. The number of amides is 1. The Labute approximate surface area is 173 Å². The maximum absolute atomic E-state index is 13.7. The van der Waals surface area contributed by atoms with Gasteiger partial charge in [0.1, 0.15) is 11.4 Å². The number of nitrogens with one attached hydrogen (secondary N) is 2. The zero-order valence-electron chi connectivity index (χ0n) is 15.2. The third kappa shape index (κ3) is 3.86. The predicted molar refractivity (Wildman–Crippen MR) is 109 cm³/mol. The van der Waals surface area contributed by atoms with Crippen LogP contribution in [0.25, 0.3) is 0 Å². The van der Waals surface area contributed by atoms with E-state index in [-0.39, 0.29) is 17.8 Å². The molecule has 3 aromatic rings. The van der Waals surface area contributed by atoms with Crippen LogP contribution in [0.1, 0.15) is 33.7 Å². The number of hydrogen-bond donors (Lipinski definition) is 2. The van der Waals surface area contributed by atoms with Gasteiger partial charge >= 0.3 is 6.18 Å². The van der Waals surface area contributed by atoms with Gasteiger partial charge in [-0.05, 0) is 29.8 Å². The molecule has 1 amide bonds. The lowest BCUT2D eigenvalue weighted by Crippen LogP contribution is -2.36. The van der Waals surface area contributed by atoms with E-state index >= 15 is 0 Å². The van der Waals surface area contributed by atoms with Gasteiger partial charge in [0.05, 0.1) is 17.9 Å². The van der Waals surface area contributed by atoms with Gasteiger partial charge in [-0.25, -0.2) is 4.68 Å². The third-order valence-electron chi connectivity index (χ3n) is 4.72. The molecule has 2 atom stereocenters. The summed E-state index contributed by atoms with van der Waals surface area (Å²) < 4.78 is 42.0. The van der Waals surface area contributed by atoms with E-state index in [1.807, 2.05) is 23.8 Å². The van der Waals surface area contributed by atoms with E-state index in [4.69, 9.17) is 0 Å². The Bertz CT molecular complexity index is 1020. The Hall–Kier alpha value is -2.46. The summed E-state index contributed by atoms with van der Waals surface area (Å²) in [6, 6.07) is 8.48. The molecule has 0 unspecified atom stereocenters. The highest BCUT2D eigenvalue weighted by Gasteiger charge is 2.47. The Morgan fingerprint density at radius 2 is 2.10 bits per heavy atom. The first-order valence-corrected chi connectivity index (χ1v) is 10.9. The fourth-order valence-electron chi connectivity index (χ4n) is 3.34. The average Bonchev–Trinajstić information content (AvgIpc) is 3.36. The maximum atomic E-state index is 13.7. The van der Waals surface area contributed by atoms with E-state index in [0.29, 0.717) is 5.69 Å². The zero-order valence-corrected chi connectivity index (χ0v) is 16.9. The summed E-state index contributed by atoms with van der Waals surface area (Å²) in [6.07, 6.45) is -1.59. The van der Waals surface area contributed by atoms with Crippen molar-refractivity contribution in [1.82, 2.24) is 9.78 Å². The molecule has 0 fully saturated rings. The molecule has 1 aliphatic rings. The fraction of sp³-hybridized carbons (Fsp3) is 0.263. The van der Waals surface area contributed by atoms with Crippen LogP contribution in [-0.2, 0) is 0 Å². The molecule has 0 saturated heterocycles. The molecule has 2 N–H and O–H groups in total. The highest BCUT2D eigenvalue weighted by molar-refractivity contribution is 7.98. The minimum Gasteiger partial charge on any atom is -0.362 e. The molecular formula is C19H17F3N4OS2. The van der Waals surface area contributed by atoms with Crippen molar-refractivity contribution in [3.63, 3.8) is 0 Å². The monoisotopic (exact) mass is 438 g/mol. The lowest BCUT2D eigenvalue weighted by molar-refractivity contribution is -0.173. The molecule has 5 nitrogen and oxygen atoms in total. The van der Waals surface area contributed by atoms with E-state index in [9.17, 15) is 18.0 Å². The largest absolute Gasteiger partial charge is 0.410 e. The number of anilines is 2. The van der Waals surface area contributed by atoms with Gasteiger partial charge in [0, 0.05) is 16.2 Å². The van der Waals surface area contributed by atoms with Gasteiger partial charge in [0.25, 0.3) is 5.91 Å². The number of thiophene rings is 1. The second kappa shape index (κ2) is 7.75. The van der Waals surface area contributed by atoms with Crippen LogP contribution >= 0.6 is 23.1 Å². The zero-order chi connectivity index (χ0) is 20.6. The Morgan fingerprint density at radius 3 is 2.79 bits per heavy atom. The normalized spacial score (nSPS) is 18.8. The highest BCUT2D eigenvalue weighted by Crippen LogP contribution is 2.45. The van der Waals surface area contributed by atoms with Crippen LogP contribution in [0, 0.1) is 0 Å². The van der Waals surface area contributed by atoms with Crippen LogP contribution in [0.5, 0.6) is 0 Å². The Morgan fingerprint density at radius 1 is 1.31 bits per heavy atom. The van der Waals surface area contributed by atoms with Crippen molar-refractivity contribution >= 4 is 40.5 Å². The topological polar surface area (TPSA) is 59.0 Å². The van der Waals surface area contributed by atoms with E-state index in [2.05, 4.69) is 15.7 Å². The maximum Gasteiger partial charge on any atom is 0.410 e. The van der Waals surface area contributed by atoms with Crippen molar-refractivity contribution in [2.45, 2.75) is 29.6 Å². The summed E-state index contributed by atoms with van der Waals surface area (Å²) >= 11 is 2.85. The molecular weight excluding hydrogens is 421 g/mol. The minimum atomic E-state index is -4.47. The number of carbonyl (C=O) groups excluding carboxylic acids is 1. The molecule has 4 rings (SSSR count). The molecule has 0 spiro atoms. The second-order valence-corrected chi connectivity index (χ2v) is 8.34. The number of nitrogens with zero attached hydrogens (tertiary/aromatic N) is 2. The lowest BCUT2D eigenvalue weighted by atomic mass is 10.0. The minimum absolute atomic E-state index is 0.0797.